The molecule has 5 heteroatoms. The van der Waals surface area contributed by atoms with Crippen molar-refractivity contribution in [3.8, 4) is 5.75 Å². The molecule has 3 rings (SSSR count). The monoisotopic (exact) mass is 353 g/mol. The zero-order valence-corrected chi connectivity index (χ0v) is 15.6. The summed E-state index contributed by atoms with van der Waals surface area (Å²) in [6.07, 6.45) is 0.906. The summed E-state index contributed by atoms with van der Waals surface area (Å²) in [6, 6.07) is 14.2. The Labute approximate surface area is 153 Å². The van der Waals surface area contributed by atoms with Crippen molar-refractivity contribution in [1.82, 2.24) is 10.3 Å². The predicted octanol–water partition coefficient (Wildman–Crippen LogP) is 4.32. The molecule has 0 saturated heterocycles. The van der Waals surface area contributed by atoms with E-state index in [0.29, 0.717) is 5.11 Å². The Kier molecular flexibility index (Phi) is 5.24. The van der Waals surface area contributed by atoms with Gasteiger partial charge in [0.2, 0.25) is 0 Å². The molecule has 1 aromatic heterocycles. The van der Waals surface area contributed by atoms with Crippen molar-refractivity contribution in [3.63, 3.8) is 0 Å². The number of para-hydroxylation sites is 2. The maximum atomic E-state index is 5.40. The second-order valence-corrected chi connectivity index (χ2v) is 6.52. The van der Waals surface area contributed by atoms with Gasteiger partial charge in [-0.3, -0.25) is 0 Å². The van der Waals surface area contributed by atoms with Crippen LogP contribution in [0.1, 0.15) is 16.8 Å². The van der Waals surface area contributed by atoms with Crippen LogP contribution < -0.4 is 15.4 Å². The van der Waals surface area contributed by atoms with Crippen LogP contribution in [0, 0.1) is 13.8 Å². The minimum atomic E-state index is 0.596. The number of rotatable bonds is 5. The maximum absolute atomic E-state index is 5.40. The highest BCUT2D eigenvalue weighted by molar-refractivity contribution is 7.80. The van der Waals surface area contributed by atoms with Crippen LogP contribution >= 0.6 is 12.2 Å². The number of H-pyrrole nitrogens is 1. The predicted molar refractivity (Wildman–Crippen MR) is 109 cm³/mol. The topological polar surface area (TPSA) is 49.1 Å². The van der Waals surface area contributed by atoms with Crippen molar-refractivity contribution in [3.05, 3.63) is 59.3 Å². The summed E-state index contributed by atoms with van der Waals surface area (Å²) in [5.74, 6) is 0.773. The van der Waals surface area contributed by atoms with Gasteiger partial charge >= 0.3 is 0 Å². The summed E-state index contributed by atoms with van der Waals surface area (Å²) in [4.78, 5) is 3.45. The molecule has 130 valence electrons. The van der Waals surface area contributed by atoms with E-state index in [9.17, 15) is 0 Å². The third-order valence-electron chi connectivity index (χ3n) is 4.29. The highest BCUT2D eigenvalue weighted by Gasteiger charge is 2.09. The van der Waals surface area contributed by atoms with Gasteiger partial charge < -0.3 is 20.4 Å². The lowest BCUT2D eigenvalue weighted by Gasteiger charge is -2.13. The van der Waals surface area contributed by atoms with Crippen molar-refractivity contribution in [2.45, 2.75) is 20.3 Å². The van der Waals surface area contributed by atoms with Crippen LogP contribution in [0.15, 0.2) is 42.5 Å². The molecule has 25 heavy (non-hydrogen) atoms. The highest BCUT2D eigenvalue weighted by Crippen LogP contribution is 2.24. The number of thiocarbonyl (C=S) groups is 1. The Morgan fingerprint density at radius 2 is 1.96 bits per heavy atom. The van der Waals surface area contributed by atoms with Crippen molar-refractivity contribution >= 4 is 33.9 Å². The normalized spacial score (nSPS) is 10.7. The third kappa shape index (κ3) is 3.94. The van der Waals surface area contributed by atoms with Crippen molar-refractivity contribution in [1.29, 1.82) is 0 Å². The average Bonchev–Trinajstić information content (AvgIpc) is 2.90. The molecule has 3 N–H and O–H groups in total. The highest BCUT2D eigenvalue weighted by atomic mass is 32.1. The Morgan fingerprint density at radius 3 is 2.76 bits per heavy atom. The minimum absolute atomic E-state index is 0.596. The van der Waals surface area contributed by atoms with E-state index in [-0.39, 0.29) is 0 Å². The number of aromatic amines is 1. The number of methoxy groups -OCH3 is 1. The summed E-state index contributed by atoms with van der Waals surface area (Å²) in [5, 5.41) is 8.36. The van der Waals surface area contributed by atoms with E-state index >= 15 is 0 Å². The molecule has 2 aromatic carbocycles. The van der Waals surface area contributed by atoms with Gasteiger partial charge in [-0.15, -0.1) is 0 Å². The molecule has 0 fully saturated rings. The first kappa shape index (κ1) is 17.3. The number of anilines is 1. The summed E-state index contributed by atoms with van der Waals surface area (Å²) in [6.45, 7) is 5.01. The van der Waals surface area contributed by atoms with Crippen LogP contribution in [0.3, 0.4) is 0 Å². The van der Waals surface area contributed by atoms with E-state index in [2.05, 4.69) is 47.7 Å². The van der Waals surface area contributed by atoms with E-state index in [1.54, 1.807) is 7.11 Å². The van der Waals surface area contributed by atoms with E-state index in [4.69, 9.17) is 17.0 Å². The summed E-state index contributed by atoms with van der Waals surface area (Å²) in [5.41, 5.74) is 5.88. The van der Waals surface area contributed by atoms with Gasteiger partial charge in [0.15, 0.2) is 5.11 Å². The van der Waals surface area contributed by atoms with Crippen molar-refractivity contribution in [2.24, 2.45) is 0 Å². The second-order valence-electron chi connectivity index (χ2n) is 6.11. The number of benzene rings is 2. The van der Waals surface area contributed by atoms with Gasteiger partial charge in [0.05, 0.1) is 12.8 Å². The molecule has 0 amide bonds. The maximum Gasteiger partial charge on any atom is 0.170 e. The van der Waals surface area contributed by atoms with Crippen LogP contribution in [-0.2, 0) is 6.42 Å². The zero-order chi connectivity index (χ0) is 17.8. The fraction of sp³-hybridized carbons (Fsp3) is 0.250. The average molecular weight is 353 g/mol. The minimum Gasteiger partial charge on any atom is -0.495 e. The van der Waals surface area contributed by atoms with Gasteiger partial charge in [-0.1, -0.05) is 23.8 Å². The Morgan fingerprint density at radius 1 is 1.16 bits per heavy atom. The third-order valence-corrected chi connectivity index (χ3v) is 4.54. The van der Waals surface area contributed by atoms with Crippen molar-refractivity contribution in [2.75, 3.05) is 19.0 Å². The van der Waals surface area contributed by atoms with Gasteiger partial charge in [0, 0.05) is 23.1 Å². The number of aromatic nitrogens is 1. The molecule has 0 radical (unpaired) electrons. The first-order valence-corrected chi connectivity index (χ1v) is 8.75. The quantitative estimate of drug-likeness (QED) is 0.598. The SMILES string of the molecule is COc1ccccc1NC(=S)NCCc1c(C)[nH]c2ccc(C)cc12. The van der Waals surface area contributed by atoms with Crippen LogP contribution in [0.2, 0.25) is 0 Å². The van der Waals surface area contributed by atoms with E-state index in [1.807, 2.05) is 24.3 Å². The number of fused-ring (bicyclic) bond motifs is 1. The number of nitrogens with one attached hydrogen (secondary N) is 3. The Hall–Kier alpha value is -2.53. The number of ether oxygens (including phenoxy) is 1. The molecule has 0 saturated carbocycles. The van der Waals surface area contributed by atoms with Gasteiger partial charge in [-0.2, -0.15) is 0 Å². The van der Waals surface area contributed by atoms with Gasteiger partial charge in [-0.25, -0.2) is 0 Å². The molecule has 4 nitrogen and oxygen atoms in total. The second kappa shape index (κ2) is 7.57. The number of hydrogen-bond acceptors (Lipinski definition) is 2. The van der Waals surface area contributed by atoms with E-state index < -0.39 is 0 Å². The Balaban J connectivity index is 1.62. The van der Waals surface area contributed by atoms with E-state index in [1.165, 1.54) is 27.7 Å². The van der Waals surface area contributed by atoms with Crippen LogP contribution in [0.5, 0.6) is 5.75 Å². The fourth-order valence-corrected chi connectivity index (χ4v) is 3.25. The molecule has 1 heterocycles. The summed E-state index contributed by atoms with van der Waals surface area (Å²) >= 11 is 5.40. The lowest BCUT2D eigenvalue weighted by molar-refractivity contribution is 0.417. The van der Waals surface area contributed by atoms with Crippen LogP contribution in [0.25, 0.3) is 10.9 Å². The van der Waals surface area contributed by atoms with Crippen LogP contribution in [0.4, 0.5) is 5.69 Å². The van der Waals surface area contributed by atoms with Gasteiger partial charge in [0.1, 0.15) is 5.75 Å². The standard InChI is InChI=1S/C20H23N3OS/c1-13-8-9-17-16(12-13)15(14(2)22-17)10-11-21-20(25)23-18-6-4-5-7-19(18)24-3/h4-9,12,22H,10-11H2,1-3H3,(H2,21,23,25). The first-order valence-electron chi connectivity index (χ1n) is 8.34. The zero-order valence-electron chi connectivity index (χ0n) is 14.8. The molecule has 0 unspecified atom stereocenters. The molecule has 0 atom stereocenters. The molecule has 0 bridgehead atoms. The van der Waals surface area contributed by atoms with Gasteiger partial charge in [-0.05, 0) is 62.3 Å². The van der Waals surface area contributed by atoms with Crippen molar-refractivity contribution < 1.29 is 4.74 Å². The number of hydrogen-bond donors (Lipinski definition) is 3. The number of aryl methyl sites for hydroxylation is 2. The molecule has 0 spiro atoms. The summed E-state index contributed by atoms with van der Waals surface area (Å²) in [7, 11) is 1.65. The molecular weight excluding hydrogens is 330 g/mol. The molecular formula is C20H23N3OS. The van der Waals surface area contributed by atoms with Gasteiger partial charge in [0.25, 0.3) is 0 Å². The first-order chi connectivity index (χ1) is 12.1. The molecule has 3 aromatic rings. The summed E-state index contributed by atoms with van der Waals surface area (Å²) < 4.78 is 5.33. The van der Waals surface area contributed by atoms with Crippen LogP contribution in [-0.4, -0.2) is 23.8 Å². The van der Waals surface area contributed by atoms with E-state index in [0.717, 1.165) is 24.4 Å². The smallest absolute Gasteiger partial charge is 0.170 e. The Bertz CT molecular complexity index is 901. The lowest BCUT2D eigenvalue weighted by Crippen LogP contribution is -2.30. The fourth-order valence-electron chi connectivity index (χ4n) is 3.03. The molecule has 0 aliphatic rings. The lowest BCUT2D eigenvalue weighted by atomic mass is 10.1. The largest absolute Gasteiger partial charge is 0.495 e. The molecule has 0 aliphatic carbocycles. The molecule has 0 aliphatic heterocycles.